The molecule has 2 aromatic rings. The fraction of sp³-hybridized carbons (Fsp3) is 0.273. The average molecular weight is 444 g/mol. The highest BCUT2D eigenvalue weighted by Crippen LogP contribution is 2.33. The molecule has 170 valence electrons. The number of carbonyl (C=O) groups excluding carboxylic acids is 2. The van der Waals surface area contributed by atoms with E-state index in [0.717, 1.165) is 0 Å². The molecule has 1 N–H and O–H groups in total. The van der Waals surface area contributed by atoms with Gasteiger partial charge in [0.25, 0.3) is 11.6 Å². The van der Waals surface area contributed by atoms with E-state index in [2.05, 4.69) is 11.9 Å². The summed E-state index contributed by atoms with van der Waals surface area (Å²) in [4.78, 5) is 35.3. The molecule has 0 aromatic heterocycles. The lowest BCUT2D eigenvalue weighted by molar-refractivity contribution is -0.384. The summed E-state index contributed by atoms with van der Waals surface area (Å²) in [5, 5.41) is 13.7. The van der Waals surface area contributed by atoms with E-state index >= 15 is 0 Å². The van der Waals surface area contributed by atoms with Crippen molar-refractivity contribution >= 4 is 23.3 Å². The van der Waals surface area contributed by atoms with Gasteiger partial charge in [-0.15, -0.1) is 6.58 Å². The summed E-state index contributed by atoms with van der Waals surface area (Å²) in [6.45, 7) is 5.11. The van der Waals surface area contributed by atoms with Crippen LogP contribution in [0.3, 0.4) is 0 Å². The molecule has 0 radical (unpaired) electrons. The number of hydrogen-bond donors (Lipinski definition) is 1. The smallest absolute Gasteiger partial charge is 0.338 e. The summed E-state index contributed by atoms with van der Waals surface area (Å²) in [6, 6.07) is 7.03. The highest BCUT2D eigenvalue weighted by molar-refractivity contribution is 5.97. The van der Waals surface area contributed by atoms with Gasteiger partial charge in [-0.3, -0.25) is 14.9 Å². The number of nitro benzene ring substituents is 1. The molecule has 10 heteroatoms. The van der Waals surface area contributed by atoms with Gasteiger partial charge < -0.3 is 24.3 Å². The quantitative estimate of drug-likeness (QED) is 0.241. The van der Waals surface area contributed by atoms with E-state index < -0.39 is 23.4 Å². The Balaban J connectivity index is 2.12. The first-order chi connectivity index (χ1) is 15.3. The number of methoxy groups -OCH3 is 2. The maximum absolute atomic E-state index is 12.5. The molecule has 0 bridgehead atoms. The third-order valence-corrected chi connectivity index (χ3v) is 4.24. The van der Waals surface area contributed by atoms with Gasteiger partial charge >= 0.3 is 5.97 Å². The number of carbonyl (C=O) groups is 2. The summed E-state index contributed by atoms with van der Waals surface area (Å²) >= 11 is 0. The predicted octanol–water partition coefficient (Wildman–Crippen LogP) is 3.53. The minimum Gasteiger partial charge on any atom is -0.494 e. The zero-order valence-electron chi connectivity index (χ0n) is 18.0. The van der Waals surface area contributed by atoms with Gasteiger partial charge in [0.1, 0.15) is 11.4 Å². The van der Waals surface area contributed by atoms with Crippen LogP contribution < -0.4 is 19.5 Å². The van der Waals surface area contributed by atoms with Crippen LogP contribution in [-0.2, 0) is 16.0 Å². The van der Waals surface area contributed by atoms with Gasteiger partial charge in [0.05, 0.1) is 37.4 Å². The van der Waals surface area contributed by atoms with Gasteiger partial charge in [0.2, 0.25) is 0 Å². The molecule has 0 saturated heterocycles. The number of nitrogens with zero attached hydrogens (tertiary/aromatic N) is 1. The Labute approximate surface area is 184 Å². The Morgan fingerprint density at radius 3 is 2.53 bits per heavy atom. The van der Waals surface area contributed by atoms with E-state index in [4.69, 9.17) is 18.9 Å². The summed E-state index contributed by atoms with van der Waals surface area (Å²) in [7, 11) is 2.91. The maximum Gasteiger partial charge on any atom is 0.338 e. The molecule has 0 saturated carbocycles. The second kappa shape index (κ2) is 11.3. The maximum atomic E-state index is 12.5. The van der Waals surface area contributed by atoms with Crippen molar-refractivity contribution in [3.05, 3.63) is 64.2 Å². The van der Waals surface area contributed by atoms with Crippen LogP contribution in [-0.4, -0.2) is 44.2 Å². The van der Waals surface area contributed by atoms with Gasteiger partial charge in [0.15, 0.2) is 18.1 Å². The first kappa shape index (κ1) is 24.2. The van der Waals surface area contributed by atoms with E-state index in [0.29, 0.717) is 35.8 Å². The second-order valence-corrected chi connectivity index (χ2v) is 6.36. The van der Waals surface area contributed by atoms with Crippen molar-refractivity contribution in [3.63, 3.8) is 0 Å². The zero-order valence-corrected chi connectivity index (χ0v) is 18.0. The number of amides is 1. The third kappa shape index (κ3) is 5.97. The lowest BCUT2D eigenvalue weighted by atomic mass is 10.1. The molecule has 0 unspecified atom stereocenters. The van der Waals surface area contributed by atoms with E-state index in [1.165, 1.54) is 38.5 Å². The van der Waals surface area contributed by atoms with Crippen LogP contribution in [0, 0.1) is 10.1 Å². The molecule has 0 spiro atoms. The number of benzene rings is 2. The van der Waals surface area contributed by atoms with Crippen LogP contribution in [0.15, 0.2) is 43.0 Å². The van der Waals surface area contributed by atoms with E-state index in [1.807, 2.05) is 0 Å². The van der Waals surface area contributed by atoms with Gasteiger partial charge in [-0.1, -0.05) is 6.08 Å². The largest absolute Gasteiger partial charge is 0.494 e. The molecular weight excluding hydrogens is 420 g/mol. The molecule has 2 rings (SSSR count). The number of nitrogens with one attached hydrogen (secondary N) is 1. The lowest BCUT2D eigenvalue weighted by Gasteiger charge is -2.14. The molecular formula is C22H24N2O8. The fourth-order valence-electron chi connectivity index (χ4n) is 2.89. The number of nitro groups is 1. The van der Waals surface area contributed by atoms with Crippen LogP contribution in [0.4, 0.5) is 11.4 Å². The Hall–Kier alpha value is -4.08. The molecule has 0 heterocycles. The van der Waals surface area contributed by atoms with Crippen molar-refractivity contribution in [1.82, 2.24) is 0 Å². The van der Waals surface area contributed by atoms with Crippen molar-refractivity contribution in [3.8, 4) is 17.2 Å². The van der Waals surface area contributed by atoms with E-state index in [-0.39, 0.29) is 16.9 Å². The summed E-state index contributed by atoms with van der Waals surface area (Å²) in [5.74, 6) is -0.421. The van der Waals surface area contributed by atoms with Crippen LogP contribution in [0.5, 0.6) is 17.2 Å². The SMILES string of the molecule is C=CCc1cc(C(=O)OCC(=O)Nc2ccc(OCC)cc2[N+](=O)[O-])cc(OC)c1OC. The molecule has 2 aromatic carbocycles. The summed E-state index contributed by atoms with van der Waals surface area (Å²) < 4.78 is 20.9. The van der Waals surface area contributed by atoms with Crippen molar-refractivity contribution in [2.45, 2.75) is 13.3 Å². The Bertz CT molecular complexity index is 1020. The third-order valence-electron chi connectivity index (χ3n) is 4.24. The standard InChI is InChI=1S/C22H24N2O8/c1-5-7-14-10-15(11-19(29-3)21(14)30-4)22(26)32-13-20(25)23-17-9-8-16(31-6-2)12-18(17)24(27)28/h5,8-12H,1,6-7,13H2,2-4H3,(H,23,25). The first-order valence-corrected chi connectivity index (χ1v) is 9.58. The monoisotopic (exact) mass is 444 g/mol. The number of ether oxygens (including phenoxy) is 4. The molecule has 0 atom stereocenters. The molecule has 0 fully saturated rings. The Morgan fingerprint density at radius 2 is 1.94 bits per heavy atom. The van der Waals surface area contributed by atoms with Crippen LogP contribution in [0.2, 0.25) is 0 Å². The number of allylic oxidation sites excluding steroid dienone is 1. The number of esters is 1. The average Bonchev–Trinajstić information content (AvgIpc) is 2.78. The summed E-state index contributed by atoms with van der Waals surface area (Å²) in [6.07, 6.45) is 2.06. The lowest BCUT2D eigenvalue weighted by Crippen LogP contribution is -2.21. The summed E-state index contributed by atoms with van der Waals surface area (Å²) in [5.41, 5.74) is 0.422. The predicted molar refractivity (Wildman–Crippen MR) is 117 cm³/mol. The molecule has 0 aliphatic rings. The molecule has 1 amide bonds. The van der Waals surface area contributed by atoms with E-state index in [1.54, 1.807) is 19.1 Å². The molecule has 0 aliphatic heterocycles. The van der Waals surface area contributed by atoms with Crippen molar-refractivity contribution in [1.29, 1.82) is 0 Å². The number of hydrogen-bond acceptors (Lipinski definition) is 8. The normalized spacial score (nSPS) is 10.1. The molecule has 0 aliphatic carbocycles. The van der Waals surface area contributed by atoms with Gasteiger partial charge in [-0.25, -0.2) is 4.79 Å². The van der Waals surface area contributed by atoms with Gasteiger partial charge in [-0.05, 0) is 37.6 Å². The number of rotatable bonds is 11. The van der Waals surface area contributed by atoms with Crippen molar-refractivity contribution < 1.29 is 33.5 Å². The highest BCUT2D eigenvalue weighted by atomic mass is 16.6. The van der Waals surface area contributed by atoms with Crippen molar-refractivity contribution in [2.24, 2.45) is 0 Å². The first-order valence-electron chi connectivity index (χ1n) is 9.58. The van der Waals surface area contributed by atoms with Gasteiger partial charge in [-0.2, -0.15) is 0 Å². The van der Waals surface area contributed by atoms with Gasteiger partial charge in [0, 0.05) is 5.56 Å². The van der Waals surface area contributed by atoms with Crippen LogP contribution in [0.25, 0.3) is 0 Å². The van der Waals surface area contributed by atoms with Crippen molar-refractivity contribution in [2.75, 3.05) is 32.8 Å². The van der Waals surface area contributed by atoms with Crippen LogP contribution in [0.1, 0.15) is 22.8 Å². The second-order valence-electron chi connectivity index (χ2n) is 6.36. The Morgan fingerprint density at radius 1 is 1.19 bits per heavy atom. The number of anilines is 1. The molecule has 32 heavy (non-hydrogen) atoms. The Kier molecular flexibility index (Phi) is 8.58. The van der Waals surface area contributed by atoms with E-state index in [9.17, 15) is 19.7 Å². The minimum absolute atomic E-state index is 0.0427. The topological polar surface area (TPSA) is 126 Å². The fourth-order valence-corrected chi connectivity index (χ4v) is 2.89. The minimum atomic E-state index is -0.771. The highest BCUT2D eigenvalue weighted by Gasteiger charge is 2.20. The zero-order chi connectivity index (χ0) is 23.7. The molecule has 10 nitrogen and oxygen atoms in total. The van der Waals surface area contributed by atoms with Crippen LogP contribution >= 0.6 is 0 Å².